The summed E-state index contributed by atoms with van der Waals surface area (Å²) in [5.41, 5.74) is 3.28. The smallest absolute Gasteiger partial charge is 0.257 e. The Morgan fingerprint density at radius 3 is 2.72 bits per heavy atom. The molecular weight excluding hydrogens is 474 g/mol. The van der Waals surface area contributed by atoms with Crippen LogP contribution < -0.4 is 0 Å². The van der Waals surface area contributed by atoms with Gasteiger partial charge in [-0.25, -0.2) is 4.98 Å². The van der Waals surface area contributed by atoms with Gasteiger partial charge in [-0.05, 0) is 25.5 Å². The number of carbonyl (C=O) groups excluding carboxylic acids is 1. The van der Waals surface area contributed by atoms with Gasteiger partial charge in [-0.1, -0.05) is 37.2 Å². The van der Waals surface area contributed by atoms with E-state index >= 15 is 0 Å². The number of amides is 1. The lowest BCUT2D eigenvalue weighted by atomic mass is 10.1. The van der Waals surface area contributed by atoms with Crippen LogP contribution in [0.2, 0.25) is 0 Å². The molecule has 1 aliphatic heterocycles. The normalized spacial score (nSPS) is 15.1. The molecule has 36 heavy (non-hydrogen) atoms. The number of aromatic nitrogens is 5. The molecule has 1 saturated heterocycles. The first-order valence-electron chi connectivity index (χ1n) is 12.3. The van der Waals surface area contributed by atoms with Gasteiger partial charge in [0.2, 0.25) is 0 Å². The Hall–Kier alpha value is -3.24. The van der Waals surface area contributed by atoms with Crippen molar-refractivity contribution in [2.24, 2.45) is 7.05 Å². The summed E-state index contributed by atoms with van der Waals surface area (Å²) in [6, 6.07) is 9.78. The van der Waals surface area contributed by atoms with Crippen molar-refractivity contribution in [1.29, 1.82) is 0 Å². The average molecular weight is 506 g/mol. The minimum absolute atomic E-state index is 0.0311. The van der Waals surface area contributed by atoms with Gasteiger partial charge in [-0.15, -0.1) is 11.8 Å². The third-order valence-corrected chi connectivity index (χ3v) is 7.42. The summed E-state index contributed by atoms with van der Waals surface area (Å²) >= 11 is 1.70. The first-order chi connectivity index (χ1) is 17.4. The van der Waals surface area contributed by atoms with Crippen LogP contribution in [0.25, 0.3) is 22.5 Å². The van der Waals surface area contributed by atoms with E-state index in [1.807, 2.05) is 49.2 Å². The van der Waals surface area contributed by atoms with Crippen LogP contribution in [0.4, 0.5) is 0 Å². The van der Waals surface area contributed by atoms with Crippen molar-refractivity contribution in [2.45, 2.75) is 43.9 Å². The van der Waals surface area contributed by atoms with Gasteiger partial charge in [0.05, 0.1) is 23.2 Å². The summed E-state index contributed by atoms with van der Waals surface area (Å²) in [6.07, 6.45) is 2.60. The van der Waals surface area contributed by atoms with Crippen LogP contribution in [0.15, 0.2) is 45.9 Å². The highest BCUT2D eigenvalue weighted by molar-refractivity contribution is 8.00. The zero-order valence-corrected chi connectivity index (χ0v) is 22.0. The van der Waals surface area contributed by atoms with Crippen molar-refractivity contribution in [3.63, 3.8) is 0 Å². The Balaban J connectivity index is 1.31. The van der Waals surface area contributed by atoms with E-state index in [1.165, 1.54) is 0 Å². The number of rotatable bonds is 6. The van der Waals surface area contributed by atoms with Crippen LogP contribution in [0, 0.1) is 6.92 Å². The van der Waals surface area contributed by atoms with Gasteiger partial charge in [0.15, 0.2) is 11.5 Å². The van der Waals surface area contributed by atoms with Gasteiger partial charge in [-0.3, -0.25) is 14.4 Å². The first-order valence-corrected chi connectivity index (χ1v) is 13.2. The van der Waals surface area contributed by atoms with Gasteiger partial charge in [-0.2, -0.15) is 10.1 Å². The predicted molar refractivity (Wildman–Crippen MR) is 140 cm³/mol. The highest BCUT2D eigenvalue weighted by Crippen LogP contribution is 2.35. The molecule has 0 atom stereocenters. The van der Waals surface area contributed by atoms with Gasteiger partial charge < -0.3 is 9.42 Å². The van der Waals surface area contributed by atoms with Crippen molar-refractivity contribution < 1.29 is 9.32 Å². The minimum atomic E-state index is 0.0311. The Bertz CT molecular complexity index is 1370. The second kappa shape index (κ2) is 10.4. The van der Waals surface area contributed by atoms with Crippen molar-refractivity contribution >= 4 is 28.7 Å². The summed E-state index contributed by atoms with van der Waals surface area (Å²) in [4.78, 5) is 28.1. The zero-order valence-electron chi connectivity index (χ0n) is 21.1. The third-order valence-electron chi connectivity index (χ3n) is 6.29. The van der Waals surface area contributed by atoms with E-state index in [1.54, 1.807) is 22.6 Å². The number of benzene rings is 1. The molecule has 0 saturated carbocycles. The number of aryl methyl sites for hydroxylation is 2. The van der Waals surface area contributed by atoms with Gasteiger partial charge in [0.25, 0.3) is 11.8 Å². The second-order valence-corrected chi connectivity index (χ2v) is 11.0. The van der Waals surface area contributed by atoms with Crippen LogP contribution in [0.1, 0.15) is 42.1 Å². The maximum atomic E-state index is 13.7. The number of fused-ring (bicyclic) bond motifs is 1. The summed E-state index contributed by atoms with van der Waals surface area (Å²) in [5, 5.41) is 10.0. The Labute approximate surface area is 214 Å². The molecule has 0 unspecified atom stereocenters. The van der Waals surface area contributed by atoms with Crippen molar-refractivity contribution in [1.82, 2.24) is 34.7 Å². The highest BCUT2D eigenvalue weighted by Gasteiger charge is 2.26. The summed E-state index contributed by atoms with van der Waals surface area (Å²) in [6.45, 7) is 9.80. The maximum Gasteiger partial charge on any atom is 0.257 e. The van der Waals surface area contributed by atoms with E-state index in [0.29, 0.717) is 42.2 Å². The Kier molecular flexibility index (Phi) is 7.06. The summed E-state index contributed by atoms with van der Waals surface area (Å²) in [5.74, 6) is 1.22. The zero-order chi connectivity index (χ0) is 25.2. The van der Waals surface area contributed by atoms with E-state index in [-0.39, 0.29) is 5.91 Å². The Morgan fingerprint density at radius 1 is 1.14 bits per heavy atom. The Morgan fingerprint density at radius 2 is 1.94 bits per heavy atom. The fourth-order valence-corrected chi connectivity index (χ4v) is 5.70. The molecule has 5 rings (SSSR count). The molecule has 9 nitrogen and oxygen atoms in total. The molecule has 1 amide bonds. The number of hydrogen-bond donors (Lipinski definition) is 0. The molecule has 4 aromatic rings. The van der Waals surface area contributed by atoms with Gasteiger partial charge in [0, 0.05) is 55.1 Å². The van der Waals surface area contributed by atoms with Crippen LogP contribution in [0.3, 0.4) is 0 Å². The van der Waals surface area contributed by atoms with Crippen molar-refractivity contribution in [3.05, 3.63) is 53.6 Å². The van der Waals surface area contributed by atoms with E-state index in [4.69, 9.17) is 4.52 Å². The molecule has 0 spiro atoms. The van der Waals surface area contributed by atoms with Crippen LogP contribution in [0.5, 0.6) is 0 Å². The second-order valence-electron chi connectivity index (χ2n) is 9.38. The number of thioether (sulfide) groups is 1. The minimum Gasteiger partial charge on any atom is -0.337 e. The molecule has 1 fully saturated rings. The standard InChI is InChI=1S/C26H31N7O2S/c1-17(2)36-23-20(15-27-24-22(23)18(3)29-31(24)4)26(34)33-12-8-11-32(13-14-33)16-21-28-25(35-30-21)19-9-6-5-7-10-19/h5-7,9-10,15,17H,8,11-14,16H2,1-4H3. The van der Waals surface area contributed by atoms with E-state index in [2.05, 4.69) is 39.0 Å². The molecule has 4 heterocycles. The lowest BCUT2D eigenvalue weighted by Gasteiger charge is -2.23. The van der Waals surface area contributed by atoms with E-state index in [9.17, 15) is 4.79 Å². The maximum absolute atomic E-state index is 13.7. The fraction of sp³-hybridized carbons (Fsp3) is 0.423. The van der Waals surface area contributed by atoms with Gasteiger partial charge in [0.1, 0.15) is 0 Å². The first kappa shape index (κ1) is 24.5. The van der Waals surface area contributed by atoms with Crippen LogP contribution in [-0.4, -0.2) is 72.0 Å². The van der Waals surface area contributed by atoms with Crippen LogP contribution >= 0.6 is 11.8 Å². The number of carbonyl (C=O) groups is 1. The summed E-state index contributed by atoms with van der Waals surface area (Å²) < 4.78 is 7.25. The SMILES string of the molecule is Cc1nn(C)c2ncc(C(=O)N3CCCN(Cc4noc(-c5ccccc5)n4)CC3)c(SC(C)C)c12. The largest absolute Gasteiger partial charge is 0.337 e. The van der Waals surface area contributed by atoms with Crippen molar-refractivity contribution in [3.8, 4) is 11.5 Å². The topological polar surface area (TPSA) is 93.2 Å². The molecule has 1 aromatic carbocycles. The van der Waals surface area contributed by atoms with E-state index < -0.39 is 0 Å². The summed E-state index contributed by atoms with van der Waals surface area (Å²) in [7, 11) is 1.89. The molecule has 0 radical (unpaired) electrons. The number of nitrogens with zero attached hydrogens (tertiary/aromatic N) is 7. The van der Waals surface area contributed by atoms with Crippen molar-refractivity contribution in [2.75, 3.05) is 26.2 Å². The lowest BCUT2D eigenvalue weighted by Crippen LogP contribution is -2.35. The molecule has 0 bridgehead atoms. The molecule has 10 heteroatoms. The number of pyridine rings is 1. The number of hydrogen-bond acceptors (Lipinski definition) is 8. The van der Waals surface area contributed by atoms with Gasteiger partial charge >= 0.3 is 0 Å². The van der Waals surface area contributed by atoms with E-state index in [0.717, 1.165) is 46.7 Å². The molecule has 1 aliphatic rings. The third kappa shape index (κ3) is 5.01. The molecule has 188 valence electrons. The molecule has 3 aromatic heterocycles. The van der Waals surface area contributed by atoms with Crippen LogP contribution in [-0.2, 0) is 13.6 Å². The quantitative estimate of drug-likeness (QED) is 0.361. The molecule has 0 N–H and O–H groups in total. The average Bonchev–Trinajstić information content (AvgIpc) is 3.35. The lowest BCUT2D eigenvalue weighted by molar-refractivity contribution is 0.0757. The fourth-order valence-electron chi connectivity index (χ4n) is 4.61. The molecule has 0 aliphatic carbocycles. The highest BCUT2D eigenvalue weighted by atomic mass is 32.2. The monoisotopic (exact) mass is 505 g/mol. The molecular formula is C26H31N7O2S. The predicted octanol–water partition coefficient (Wildman–Crippen LogP) is 4.18.